The second-order valence-corrected chi connectivity index (χ2v) is 4.43. The normalized spacial score (nSPS) is 14.4. The van der Waals surface area contributed by atoms with Crippen LogP contribution in [0.4, 0.5) is 0 Å². The van der Waals surface area contributed by atoms with Crippen LogP contribution in [0.1, 0.15) is 30.4 Å². The number of benzene rings is 1. The highest BCUT2D eigenvalue weighted by Crippen LogP contribution is 2.32. The Morgan fingerprint density at radius 1 is 1.41 bits per heavy atom. The van der Waals surface area contributed by atoms with Crippen molar-refractivity contribution in [3.63, 3.8) is 0 Å². The summed E-state index contributed by atoms with van der Waals surface area (Å²) in [7, 11) is 1.58. The van der Waals surface area contributed by atoms with Gasteiger partial charge in [0.1, 0.15) is 11.8 Å². The Morgan fingerprint density at radius 2 is 2.24 bits per heavy atom. The molecule has 90 valence electrons. The molecule has 0 saturated heterocycles. The van der Waals surface area contributed by atoms with Crippen molar-refractivity contribution in [2.75, 3.05) is 13.7 Å². The molecule has 3 nitrogen and oxygen atoms in total. The average Bonchev–Trinajstić information content (AvgIpc) is 3.18. The summed E-state index contributed by atoms with van der Waals surface area (Å²) in [6.45, 7) is 1.42. The molecule has 0 aliphatic heterocycles. The molecule has 0 N–H and O–H groups in total. The Morgan fingerprint density at radius 3 is 2.88 bits per heavy atom. The number of nitrogens with zero attached hydrogens (tertiary/aromatic N) is 1. The summed E-state index contributed by atoms with van der Waals surface area (Å²) in [5.41, 5.74) is 1.62. The van der Waals surface area contributed by atoms with Crippen molar-refractivity contribution in [1.82, 2.24) is 0 Å². The Labute approximate surface area is 102 Å². The van der Waals surface area contributed by atoms with Crippen molar-refractivity contribution in [1.29, 1.82) is 5.26 Å². The van der Waals surface area contributed by atoms with E-state index >= 15 is 0 Å². The summed E-state index contributed by atoms with van der Waals surface area (Å²) < 4.78 is 10.8. The Kier molecular flexibility index (Phi) is 4.00. The molecule has 17 heavy (non-hydrogen) atoms. The van der Waals surface area contributed by atoms with Gasteiger partial charge in [0.05, 0.1) is 19.3 Å². The van der Waals surface area contributed by atoms with Gasteiger partial charge in [-0.3, -0.25) is 0 Å². The van der Waals surface area contributed by atoms with Crippen molar-refractivity contribution in [3.05, 3.63) is 29.3 Å². The molecule has 0 atom stereocenters. The van der Waals surface area contributed by atoms with Crippen molar-refractivity contribution in [2.24, 2.45) is 5.92 Å². The third-order valence-electron chi connectivity index (χ3n) is 3.02. The molecule has 1 fully saturated rings. The fourth-order valence-corrected chi connectivity index (χ4v) is 1.76. The molecule has 1 aliphatic rings. The van der Waals surface area contributed by atoms with Gasteiger partial charge in [-0.25, -0.2) is 0 Å². The van der Waals surface area contributed by atoms with E-state index in [2.05, 4.69) is 6.07 Å². The first-order chi connectivity index (χ1) is 8.33. The van der Waals surface area contributed by atoms with Gasteiger partial charge in [-0.1, -0.05) is 18.9 Å². The van der Waals surface area contributed by atoms with Crippen LogP contribution in [0.2, 0.25) is 0 Å². The van der Waals surface area contributed by atoms with Gasteiger partial charge in [0.2, 0.25) is 0 Å². The van der Waals surface area contributed by atoms with Crippen LogP contribution in [-0.2, 0) is 11.3 Å². The van der Waals surface area contributed by atoms with Gasteiger partial charge >= 0.3 is 0 Å². The van der Waals surface area contributed by atoms with Gasteiger partial charge in [0, 0.05) is 6.61 Å². The maximum absolute atomic E-state index is 8.86. The third kappa shape index (κ3) is 3.47. The molecule has 0 unspecified atom stereocenters. The summed E-state index contributed by atoms with van der Waals surface area (Å²) in [5, 5.41) is 8.86. The first-order valence-electron chi connectivity index (χ1n) is 5.98. The number of ether oxygens (including phenoxy) is 2. The topological polar surface area (TPSA) is 42.2 Å². The predicted molar refractivity (Wildman–Crippen MR) is 64.7 cm³/mol. The zero-order valence-electron chi connectivity index (χ0n) is 10.1. The SMILES string of the molecule is COc1cc(COCCC2CC2)ccc1C#N. The van der Waals surface area contributed by atoms with E-state index in [-0.39, 0.29) is 0 Å². The van der Waals surface area contributed by atoms with E-state index in [1.807, 2.05) is 12.1 Å². The molecule has 3 heteroatoms. The molecule has 0 heterocycles. The first-order valence-corrected chi connectivity index (χ1v) is 5.98. The van der Waals surface area contributed by atoms with Crippen LogP contribution in [0.25, 0.3) is 0 Å². The van der Waals surface area contributed by atoms with Crippen LogP contribution in [0.5, 0.6) is 5.75 Å². The number of methoxy groups -OCH3 is 1. The molecular weight excluding hydrogens is 214 g/mol. The molecule has 0 spiro atoms. The molecule has 1 aromatic rings. The lowest BCUT2D eigenvalue weighted by molar-refractivity contribution is 0.115. The second-order valence-electron chi connectivity index (χ2n) is 4.43. The first kappa shape index (κ1) is 11.9. The van der Waals surface area contributed by atoms with Crippen molar-refractivity contribution >= 4 is 0 Å². The van der Waals surface area contributed by atoms with Gasteiger partial charge in [-0.05, 0) is 30.0 Å². The molecule has 0 bridgehead atoms. The van der Waals surface area contributed by atoms with Crippen molar-refractivity contribution < 1.29 is 9.47 Å². The largest absolute Gasteiger partial charge is 0.495 e. The van der Waals surface area contributed by atoms with E-state index in [0.717, 1.165) is 18.1 Å². The lowest BCUT2D eigenvalue weighted by atomic mass is 10.1. The Bertz CT molecular complexity index is 419. The highest BCUT2D eigenvalue weighted by Gasteiger charge is 2.20. The molecule has 1 aliphatic carbocycles. The summed E-state index contributed by atoms with van der Waals surface area (Å²) in [5.74, 6) is 1.53. The van der Waals surface area contributed by atoms with Crippen molar-refractivity contribution in [2.45, 2.75) is 25.9 Å². The fraction of sp³-hybridized carbons (Fsp3) is 0.500. The fourth-order valence-electron chi connectivity index (χ4n) is 1.76. The van der Waals surface area contributed by atoms with Crippen LogP contribution in [0, 0.1) is 17.2 Å². The standard InChI is InChI=1S/C14H17NO2/c1-16-14-8-12(4-5-13(14)9-15)10-17-7-6-11-2-3-11/h4-5,8,11H,2-3,6-7,10H2,1H3. The van der Waals surface area contributed by atoms with Gasteiger partial charge in [-0.2, -0.15) is 5.26 Å². The zero-order valence-corrected chi connectivity index (χ0v) is 10.1. The number of hydrogen-bond acceptors (Lipinski definition) is 3. The molecule has 0 aromatic heterocycles. The van der Waals surface area contributed by atoms with Crippen molar-refractivity contribution in [3.8, 4) is 11.8 Å². The molecule has 0 amide bonds. The summed E-state index contributed by atoms with van der Waals surface area (Å²) in [6.07, 6.45) is 3.91. The average molecular weight is 231 g/mol. The number of hydrogen-bond donors (Lipinski definition) is 0. The molecule has 1 saturated carbocycles. The molecule has 1 aromatic carbocycles. The minimum absolute atomic E-state index is 0.564. The monoisotopic (exact) mass is 231 g/mol. The quantitative estimate of drug-likeness (QED) is 0.707. The van der Waals surface area contributed by atoms with Crippen LogP contribution in [0.15, 0.2) is 18.2 Å². The maximum Gasteiger partial charge on any atom is 0.136 e. The number of nitriles is 1. The van der Waals surface area contributed by atoms with E-state index in [1.165, 1.54) is 19.3 Å². The zero-order chi connectivity index (χ0) is 12.1. The van der Waals surface area contributed by atoms with Gasteiger partial charge < -0.3 is 9.47 Å². The van der Waals surface area contributed by atoms with E-state index in [9.17, 15) is 0 Å². The Hall–Kier alpha value is -1.53. The lowest BCUT2D eigenvalue weighted by Gasteiger charge is -2.07. The van der Waals surface area contributed by atoms with Crippen LogP contribution < -0.4 is 4.74 Å². The highest BCUT2D eigenvalue weighted by atomic mass is 16.5. The van der Waals surface area contributed by atoms with Crippen LogP contribution in [-0.4, -0.2) is 13.7 Å². The summed E-state index contributed by atoms with van der Waals surface area (Å²) in [4.78, 5) is 0. The summed E-state index contributed by atoms with van der Waals surface area (Å²) in [6, 6.07) is 7.66. The van der Waals surface area contributed by atoms with Crippen LogP contribution >= 0.6 is 0 Å². The minimum atomic E-state index is 0.564. The lowest BCUT2D eigenvalue weighted by Crippen LogP contribution is -1.97. The smallest absolute Gasteiger partial charge is 0.136 e. The van der Waals surface area contributed by atoms with Gasteiger partial charge in [-0.15, -0.1) is 0 Å². The summed E-state index contributed by atoms with van der Waals surface area (Å²) >= 11 is 0. The second kappa shape index (κ2) is 5.70. The van der Waals surface area contributed by atoms with E-state index in [0.29, 0.717) is 17.9 Å². The number of rotatable bonds is 6. The van der Waals surface area contributed by atoms with E-state index in [1.54, 1.807) is 13.2 Å². The van der Waals surface area contributed by atoms with Gasteiger partial charge in [0.25, 0.3) is 0 Å². The van der Waals surface area contributed by atoms with E-state index in [4.69, 9.17) is 14.7 Å². The van der Waals surface area contributed by atoms with Crippen LogP contribution in [0.3, 0.4) is 0 Å². The highest BCUT2D eigenvalue weighted by molar-refractivity contribution is 5.45. The molecule has 2 rings (SSSR count). The molecule has 0 radical (unpaired) electrons. The predicted octanol–water partition coefficient (Wildman–Crippen LogP) is 2.88. The van der Waals surface area contributed by atoms with Gasteiger partial charge in [0.15, 0.2) is 0 Å². The Balaban J connectivity index is 1.85. The molecular formula is C14H17NO2. The van der Waals surface area contributed by atoms with E-state index < -0.39 is 0 Å². The minimum Gasteiger partial charge on any atom is -0.495 e. The third-order valence-corrected chi connectivity index (χ3v) is 3.02. The maximum atomic E-state index is 8.86.